The number of nitrogens with zero attached hydrogens (tertiary/aromatic N) is 1. The van der Waals surface area contributed by atoms with Crippen molar-refractivity contribution in [1.29, 1.82) is 0 Å². The van der Waals surface area contributed by atoms with E-state index in [1.54, 1.807) is 12.3 Å². The van der Waals surface area contributed by atoms with Crippen LogP contribution in [0.1, 0.15) is 11.1 Å². The summed E-state index contributed by atoms with van der Waals surface area (Å²) < 4.78 is 0. The monoisotopic (exact) mass is 175 g/mol. The first-order chi connectivity index (χ1) is 6.09. The van der Waals surface area contributed by atoms with Crippen LogP contribution in [0, 0.1) is 18.8 Å². The summed E-state index contributed by atoms with van der Waals surface area (Å²) in [5.74, 6) is 4.37. The van der Waals surface area contributed by atoms with E-state index in [0.29, 0.717) is 11.4 Å². The lowest BCUT2D eigenvalue weighted by atomic mass is 10.2. The average Bonchev–Trinajstić information content (AvgIpc) is 2.06. The number of pyridine rings is 1. The Hall–Kier alpha value is -2.02. The minimum Gasteiger partial charge on any atom is -0.383 e. The summed E-state index contributed by atoms with van der Waals surface area (Å²) in [4.78, 5) is 14.2. The van der Waals surface area contributed by atoms with E-state index in [0.717, 1.165) is 5.56 Å². The van der Waals surface area contributed by atoms with E-state index in [9.17, 15) is 4.79 Å². The third-order valence-corrected chi connectivity index (χ3v) is 1.38. The topological polar surface area (TPSA) is 82.0 Å². The predicted molar refractivity (Wildman–Crippen MR) is 49.5 cm³/mol. The smallest absolute Gasteiger partial charge is 0.293 e. The van der Waals surface area contributed by atoms with Crippen LogP contribution in [0.4, 0.5) is 5.82 Å². The van der Waals surface area contributed by atoms with Crippen LogP contribution < -0.4 is 11.5 Å². The van der Waals surface area contributed by atoms with Crippen molar-refractivity contribution in [3.8, 4) is 11.8 Å². The number of anilines is 1. The van der Waals surface area contributed by atoms with Gasteiger partial charge in [-0.25, -0.2) is 4.98 Å². The van der Waals surface area contributed by atoms with Crippen LogP contribution in [0.15, 0.2) is 12.3 Å². The third kappa shape index (κ3) is 2.49. The van der Waals surface area contributed by atoms with Gasteiger partial charge in [-0.05, 0) is 18.6 Å². The minimum atomic E-state index is -0.680. The molecule has 13 heavy (non-hydrogen) atoms. The molecule has 0 aliphatic rings. The maximum atomic E-state index is 10.4. The van der Waals surface area contributed by atoms with Crippen LogP contribution in [0.3, 0.4) is 0 Å². The number of rotatable bonds is 0. The SMILES string of the molecule is Cc1cnc(N)c(C#CC(N)=O)c1. The molecular formula is C9H9N3O. The molecule has 1 rings (SSSR count). The number of aromatic nitrogens is 1. The zero-order valence-corrected chi connectivity index (χ0v) is 7.16. The summed E-state index contributed by atoms with van der Waals surface area (Å²) in [6.45, 7) is 1.86. The van der Waals surface area contributed by atoms with Crippen molar-refractivity contribution < 1.29 is 4.79 Å². The van der Waals surface area contributed by atoms with Gasteiger partial charge in [0.2, 0.25) is 0 Å². The molecule has 0 saturated heterocycles. The van der Waals surface area contributed by atoms with Crippen molar-refractivity contribution in [2.75, 3.05) is 5.73 Å². The van der Waals surface area contributed by atoms with Crippen LogP contribution >= 0.6 is 0 Å². The largest absolute Gasteiger partial charge is 0.383 e. The van der Waals surface area contributed by atoms with Gasteiger partial charge in [-0.2, -0.15) is 0 Å². The molecule has 0 atom stereocenters. The Bertz CT molecular complexity index is 401. The summed E-state index contributed by atoms with van der Waals surface area (Å²) in [5.41, 5.74) is 11.8. The zero-order chi connectivity index (χ0) is 9.84. The van der Waals surface area contributed by atoms with Gasteiger partial charge in [0.25, 0.3) is 5.91 Å². The highest BCUT2D eigenvalue weighted by Gasteiger charge is 1.96. The van der Waals surface area contributed by atoms with E-state index in [2.05, 4.69) is 16.8 Å². The van der Waals surface area contributed by atoms with E-state index >= 15 is 0 Å². The number of primary amides is 1. The summed E-state index contributed by atoms with van der Waals surface area (Å²) >= 11 is 0. The molecule has 0 aliphatic carbocycles. The van der Waals surface area contributed by atoms with Gasteiger partial charge in [0.1, 0.15) is 5.82 Å². The van der Waals surface area contributed by atoms with Gasteiger partial charge in [-0.15, -0.1) is 0 Å². The predicted octanol–water partition coefficient (Wildman–Crippen LogP) is -0.191. The number of nitrogen functional groups attached to an aromatic ring is 1. The van der Waals surface area contributed by atoms with Gasteiger partial charge >= 0.3 is 0 Å². The van der Waals surface area contributed by atoms with Crippen LogP contribution in [0.25, 0.3) is 0 Å². The molecule has 0 aliphatic heterocycles. The minimum absolute atomic E-state index is 0.305. The van der Waals surface area contributed by atoms with E-state index < -0.39 is 5.91 Å². The Balaban J connectivity index is 3.09. The number of carbonyl (C=O) groups excluding carboxylic acids is 1. The quantitative estimate of drug-likeness (QED) is 0.536. The van der Waals surface area contributed by atoms with Crippen LogP contribution in [-0.2, 0) is 4.79 Å². The molecule has 0 radical (unpaired) electrons. The van der Waals surface area contributed by atoms with Crippen molar-refractivity contribution in [1.82, 2.24) is 4.98 Å². The third-order valence-electron chi connectivity index (χ3n) is 1.38. The van der Waals surface area contributed by atoms with Crippen molar-refractivity contribution in [2.24, 2.45) is 5.73 Å². The summed E-state index contributed by atoms with van der Waals surface area (Å²) in [6, 6.07) is 1.75. The van der Waals surface area contributed by atoms with Crippen LogP contribution in [-0.4, -0.2) is 10.9 Å². The van der Waals surface area contributed by atoms with Crippen LogP contribution in [0.5, 0.6) is 0 Å². The molecule has 1 aromatic heterocycles. The first-order valence-corrected chi connectivity index (χ1v) is 3.63. The fraction of sp³-hybridized carbons (Fsp3) is 0.111. The highest BCUT2D eigenvalue weighted by Crippen LogP contribution is 2.07. The Labute approximate surface area is 76.0 Å². The van der Waals surface area contributed by atoms with Gasteiger partial charge in [0.05, 0.1) is 5.56 Å². The molecule has 1 heterocycles. The number of amides is 1. The molecule has 0 spiro atoms. The lowest BCUT2D eigenvalue weighted by molar-refractivity contribution is -0.112. The average molecular weight is 175 g/mol. The molecule has 4 nitrogen and oxygen atoms in total. The molecule has 0 unspecified atom stereocenters. The maximum absolute atomic E-state index is 10.4. The van der Waals surface area contributed by atoms with Gasteiger partial charge in [0.15, 0.2) is 0 Å². The van der Waals surface area contributed by atoms with Gasteiger partial charge in [0, 0.05) is 12.1 Å². The van der Waals surface area contributed by atoms with Crippen molar-refractivity contribution >= 4 is 11.7 Å². The lowest BCUT2D eigenvalue weighted by Gasteiger charge is -1.97. The molecule has 1 amide bonds. The number of aryl methyl sites for hydroxylation is 1. The Morgan fingerprint density at radius 2 is 2.31 bits per heavy atom. The maximum Gasteiger partial charge on any atom is 0.293 e. The molecule has 0 aromatic carbocycles. The Kier molecular flexibility index (Phi) is 2.50. The Morgan fingerprint density at radius 3 is 2.92 bits per heavy atom. The zero-order valence-electron chi connectivity index (χ0n) is 7.16. The van der Waals surface area contributed by atoms with Gasteiger partial charge < -0.3 is 11.5 Å². The molecule has 4 N–H and O–H groups in total. The van der Waals surface area contributed by atoms with Crippen LogP contribution in [0.2, 0.25) is 0 Å². The second-order valence-corrected chi connectivity index (χ2v) is 2.56. The van der Waals surface area contributed by atoms with Gasteiger partial charge in [-0.1, -0.05) is 5.92 Å². The molecule has 0 fully saturated rings. The number of hydrogen-bond donors (Lipinski definition) is 2. The highest BCUT2D eigenvalue weighted by molar-refractivity contribution is 5.92. The number of carbonyl (C=O) groups is 1. The van der Waals surface area contributed by atoms with Gasteiger partial charge in [-0.3, -0.25) is 4.79 Å². The fourth-order valence-electron chi connectivity index (χ4n) is 0.809. The molecule has 0 bridgehead atoms. The molecule has 4 heteroatoms. The summed E-state index contributed by atoms with van der Waals surface area (Å²) in [7, 11) is 0. The van der Waals surface area contributed by atoms with Crippen molar-refractivity contribution in [2.45, 2.75) is 6.92 Å². The fourth-order valence-corrected chi connectivity index (χ4v) is 0.809. The van der Waals surface area contributed by atoms with E-state index in [1.165, 1.54) is 0 Å². The Morgan fingerprint density at radius 1 is 1.62 bits per heavy atom. The summed E-state index contributed by atoms with van der Waals surface area (Å²) in [6.07, 6.45) is 1.63. The lowest BCUT2D eigenvalue weighted by Crippen LogP contribution is -2.06. The number of nitrogens with two attached hydrogens (primary N) is 2. The van der Waals surface area contributed by atoms with Crippen molar-refractivity contribution in [3.63, 3.8) is 0 Å². The first kappa shape index (κ1) is 9.07. The second-order valence-electron chi connectivity index (χ2n) is 2.56. The molecule has 66 valence electrons. The highest BCUT2D eigenvalue weighted by atomic mass is 16.1. The number of hydrogen-bond acceptors (Lipinski definition) is 3. The molecule has 1 aromatic rings. The van der Waals surface area contributed by atoms with Crippen molar-refractivity contribution in [3.05, 3.63) is 23.4 Å². The van der Waals surface area contributed by atoms with E-state index in [1.807, 2.05) is 6.92 Å². The van der Waals surface area contributed by atoms with E-state index in [-0.39, 0.29) is 0 Å². The molecule has 0 saturated carbocycles. The summed E-state index contributed by atoms with van der Waals surface area (Å²) in [5, 5.41) is 0. The van der Waals surface area contributed by atoms with E-state index in [4.69, 9.17) is 11.5 Å². The molecular weight excluding hydrogens is 166 g/mol. The standard InChI is InChI=1S/C9H9N3O/c1-6-4-7(2-3-8(10)13)9(11)12-5-6/h4-5H,1H3,(H2,10,13)(H2,11,12). The first-order valence-electron chi connectivity index (χ1n) is 3.63. The second kappa shape index (κ2) is 3.59. The normalized spacial score (nSPS) is 8.69.